The second-order valence-corrected chi connectivity index (χ2v) is 6.00. The average Bonchev–Trinajstić information content (AvgIpc) is 2.94. The molecule has 0 spiro atoms. The van der Waals surface area contributed by atoms with Crippen molar-refractivity contribution in [1.82, 2.24) is 14.8 Å². The second kappa shape index (κ2) is 5.56. The predicted octanol–water partition coefficient (Wildman–Crippen LogP) is 0.921. The summed E-state index contributed by atoms with van der Waals surface area (Å²) in [6.07, 6.45) is 1.10. The Morgan fingerprint density at radius 1 is 1.47 bits per heavy atom. The maximum absolute atomic E-state index is 11.1. The van der Waals surface area contributed by atoms with Crippen LogP contribution in [0.3, 0.4) is 0 Å². The molecule has 1 aromatic heterocycles. The van der Waals surface area contributed by atoms with E-state index in [4.69, 9.17) is 4.98 Å². The predicted molar refractivity (Wildman–Crippen MR) is 73.2 cm³/mol. The zero-order chi connectivity index (χ0) is 13.2. The van der Waals surface area contributed by atoms with E-state index in [-0.39, 0.29) is 5.97 Å². The third-order valence-corrected chi connectivity index (χ3v) is 4.94. The van der Waals surface area contributed by atoms with Crippen LogP contribution in [-0.2, 0) is 16.0 Å². The lowest BCUT2D eigenvalue weighted by Gasteiger charge is -2.46. The van der Waals surface area contributed by atoms with Crippen LogP contribution in [0, 0.1) is 0 Å². The molecule has 3 aliphatic rings. The monoisotopic (exact) mass is 281 g/mol. The third-order valence-electron chi connectivity index (χ3n) is 3.95. The molecule has 4 heterocycles. The molecule has 0 saturated carbocycles. The van der Waals surface area contributed by atoms with Crippen LogP contribution >= 0.6 is 11.3 Å². The van der Waals surface area contributed by atoms with Crippen molar-refractivity contribution in [2.45, 2.75) is 18.9 Å². The minimum atomic E-state index is -0.166. The van der Waals surface area contributed by atoms with Crippen molar-refractivity contribution in [3.05, 3.63) is 16.1 Å². The van der Waals surface area contributed by atoms with Crippen molar-refractivity contribution in [3.8, 4) is 0 Å². The fourth-order valence-electron chi connectivity index (χ4n) is 2.77. The molecule has 1 unspecified atom stereocenters. The average molecular weight is 281 g/mol. The molecule has 4 rings (SSSR count). The van der Waals surface area contributed by atoms with Crippen molar-refractivity contribution < 1.29 is 9.53 Å². The molecular formula is C13H19N3O2S. The van der Waals surface area contributed by atoms with E-state index in [9.17, 15) is 4.79 Å². The molecule has 5 nitrogen and oxygen atoms in total. The molecule has 3 saturated heterocycles. The summed E-state index contributed by atoms with van der Waals surface area (Å²) in [4.78, 5) is 20.9. The standard InChI is InChI=1S/C13H19N3O2S/c1-18-12(17)3-2-10-9-19-13(14-10)11-8-15-4-6-16(11)7-5-15/h9,11H,2-8H2,1H3. The summed E-state index contributed by atoms with van der Waals surface area (Å²) in [5.41, 5.74) is 1.02. The van der Waals surface area contributed by atoms with Gasteiger partial charge in [0.1, 0.15) is 5.01 Å². The van der Waals surface area contributed by atoms with Crippen LogP contribution in [0.4, 0.5) is 0 Å². The molecule has 1 aromatic rings. The summed E-state index contributed by atoms with van der Waals surface area (Å²) >= 11 is 1.72. The van der Waals surface area contributed by atoms with Gasteiger partial charge >= 0.3 is 5.97 Å². The molecule has 6 heteroatoms. The Hall–Kier alpha value is -0.980. The Balaban J connectivity index is 1.63. The first-order valence-electron chi connectivity index (χ1n) is 6.74. The van der Waals surface area contributed by atoms with E-state index in [2.05, 4.69) is 19.9 Å². The van der Waals surface area contributed by atoms with Crippen molar-refractivity contribution in [1.29, 1.82) is 0 Å². The molecular weight excluding hydrogens is 262 g/mol. The van der Waals surface area contributed by atoms with Gasteiger partial charge in [0, 0.05) is 44.5 Å². The Morgan fingerprint density at radius 2 is 2.26 bits per heavy atom. The van der Waals surface area contributed by atoms with Crippen LogP contribution in [0.1, 0.15) is 23.2 Å². The summed E-state index contributed by atoms with van der Waals surface area (Å²) in [5.74, 6) is -0.166. The highest BCUT2D eigenvalue weighted by Gasteiger charge is 2.34. The minimum absolute atomic E-state index is 0.166. The molecule has 0 radical (unpaired) electrons. The molecule has 1 atom stereocenters. The van der Waals surface area contributed by atoms with Gasteiger partial charge in [0.15, 0.2) is 0 Å². The number of aromatic nitrogens is 1. The molecule has 0 amide bonds. The van der Waals surface area contributed by atoms with E-state index in [1.165, 1.54) is 25.2 Å². The fraction of sp³-hybridized carbons (Fsp3) is 0.692. The van der Waals surface area contributed by atoms with Gasteiger partial charge in [-0.05, 0) is 0 Å². The van der Waals surface area contributed by atoms with Crippen molar-refractivity contribution in [2.24, 2.45) is 0 Å². The second-order valence-electron chi connectivity index (χ2n) is 5.11. The zero-order valence-corrected chi connectivity index (χ0v) is 12.0. The van der Waals surface area contributed by atoms with Gasteiger partial charge in [-0.25, -0.2) is 4.98 Å². The van der Waals surface area contributed by atoms with Gasteiger partial charge in [0.05, 0.1) is 25.3 Å². The number of hydrogen-bond acceptors (Lipinski definition) is 6. The number of aryl methyl sites for hydroxylation is 1. The van der Waals surface area contributed by atoms with Gasteiger partial charge in [-0.1, -0.05) is 0 Å². The number of fused-ring (bicyclic) bond motifs is 3. The van der Waals surface area contributed by atoms with Gasteiger partial charge in [-0.2, -0.15) is 0 Å². The van der Waals surface area contributed by atoms with Crippen LogP contribution in [0.15, 0.2) is 5.38 Å². The van der Waals surface area contributed by atoms with E-state index < -0.39 is 0 Å². The number of carbonyl (C=O) groups excluding carboxylic acids is 1. The Bertz CT molecular complexity index is 454. The van der Waals surface area contributed by atoms with Crippen LogP contribution in [0.5, 0.6) is 0 Å². The molecule has 104 valence electrons. The van der Waals surface area contributed by atoms with E-state index >= 15 is 0 Å². The molecule has 19 heavy (non-hydrogen) atoms. The molecule has 0 N–H and O–H groups in total. The molecule has 0 aliphatic carbocycles. The van der Waals surface area contributed by atoms with Gasteiger partial charge in [0.2, 0.25) is 0 Å². The summed E-state index contributed by atoms with van der Waals surface area (Å²) in [6.45, 7) is 5.79. The normalized spacial score (nSPS) is 29.4. The first kappa shape index (κ1) is 13.0. The van der Waals surface area contributed by atoms with Crippen molar-refractivity contribution >= 4 is 17.3 Å². The fourth-order valence-corrected chi connectivity index (χ4v) is 3.75. The SMILES string of the molecule is COC(=O)CCc1csc(C2CN3CCN2CC3)n1. The largest absolute Gasteiger partial charge is 0.469 e. The lowest BCUT2D eigenvalue weighted by atomic mass is 10.1. The first-order chi connectivity index (χ1) is 9.26. The number of ether oxygens (including phenoxy) is 1. The number of esters is 1. The Morgan fingerprint density at radius 3 is 2.89 bits per heavy atom. The Kier molecular flexibility index (Phi) is 3.81. The quantitative estimate of drug-likeness (QED) is 0.768. The molecule has 0 aromatic carbocycles. The molecule has 2 bridgehead atoms. The van der Waals surface area contributed by atoms with Crippen LogP contribution in [0.2, 0.25) is 0 Å². The first-order valence-corrected chi connectivity index (χ1v) is 7.62. The van der Waals surface area contributed by atoms with Crippen molar-refractivity contribution in [2.75, 3.05) is 39.8 Å². The number of nitrogens with zero attached hydrogens (tertiary/aromatic N) is 3. The van der Waals surface area contributed by atoms with Gasteiger partial charge in [-0.15, -0.1) is 11.3 Å². The summed E-state index contributed by atoms with van der Waals surface area (Å²) < 4.78 is 4.66. The third kappa shape index (κ3) is 2.80. The van der Waals surface area contributed by atoms with Crippen molar-refractivity contribution in [3.63, 3.8) is 0 Å². The van der Waals surface area contributed by atoms with Gasteiger partial charge in [-0.3, -0.25) is 14.6 Å². The number of piperazine rings is 3. The highest BCUT2D eigenvalue weighted by molar-refractivity contribution is 7.09. The Labute approximate surface area is 117 Å². The molecule has 3 aliphatic heterocycles. The topological polar surface area (TPSA) is 45.7 Å². The lowest BCUT2D eigenvalue weighted by molar-refractivity contribution is -0.140. The number of rotatable bonds is 4. The maximum Gasteiger partial charge on any atom is 0.305 e. The van der Waals surface area contributed by atoms with E-state index in [0.29, 0.717) is 18.9 Å². The maximum atomic E-state index is 11.1. The number of hydrogen-bond donors (Lipinski definition) is 0. The van der Waals surface area contributed by atoms with E-state index in [0.717, 1.165) is 25.3 Å². The lowest BCUT2D eigenvalue weighted by Crippen LogP contribution is -2.56. The van der Waals surface area contributed by atoms with E-state index in [1.54, 1.807) is 11.3 Å². The van der Waals surface area contributed by atoms with E-state index in [1.807, 2.05) is 0 Å². The van der Waals surface area contributed by atoms with Crippen LogP contribution in [-0.4, -0.2) is 60.6 Å². The van der Waals surface area contributed by atoms with Gasteiger partial charge in [0.25, 0.3) is 0 Å². The van der Waals surface area contributed by atoms with Crippen LogP contribution in [0.25, 0.3) is 0 Å². The highest BCUT2D eigenvalue weighted by atomic mass is 32.1. The smallest absolute Gasteiger partial charge is 0.305 e. The minimum Gasteiger partial charge on any atom is -0.469 e. The summed E-state index contributed by atoms with van der Waals surface area (Å²) in [7, 11) is 1.43. The molecule has 3 fully saturated rings. The van der Waals surface area contributed by atoms with Gasteiger partial charge < -0.3 is 4.74 Å². The summed E-state index contributed by atoms with van der Waals surface area (Å²) in [6, 6.07) is 0.458. The number of methoxy groups -OCH3 is 1. The summed E-state index contributed by atoms with van der Waals surface area (Å²) in [5, 5.41) is 3.28. The highest BCUT2D eigenvalue weighted by Crippen LogP contribution is 2.30. The van der Waals surface area contributed by atoms with Crippen LogP contribution < -0.4 is 0 Å². The zero-order valence-electron chi connectivity index (χ0n) is 11.2. The number of carbonyl (C=O) groups is 1. The number of thiazole rings is 1.